The summed E-state index contributed by atoms with van der Waals surface area (Å²) in [6.45, 7) is 1.33. The van der Waals surface area contributed by atoms with Crippen molar-refractivity contribution in [2.24, 2.45) is 0 Å². The zero-order valence-electron chi connectivity index (χ0n) is 15.0. The van der Waals surface area contributed by atoms with Gasteiger partial charge in [-0.2, -0.15) is 4.68 Å². The summed E-state index contributed by atoms with van der Waals surface area (Å²) >= 11 is 1.02. The number of carboxylic acids is 1. The van der Waals surface area contributed by atoms with Gasteiger partial charge in [0.1, 0.15) is 10.1 Å². The van der Waals surface area contributed by atoms with Crippen LogP contribution in [0.3, 0.4) is 0 Å². The van der Waals surface area contributed by atoms with Gasteiger partial charge in [-0.05, 0) is 29.5 Å². The van der Waals surface area contributed by atoms with Gasteiger partial charge in [0, 0.05) is 5.75 Å². The van der Waals surface area contributed by atoms with E-state index in [-0.39, 0.29) is 41.7 Å². The first-order chi connectivity index (χ1) is 12.8. The zero-order valence-corrected chi connectivity index (χ0v) is 18.7. The molecule has 0 bridgehead atoms. The molecule has 0 N–H and O–H groups in total. The van der Waals surface area contributed by atoms with Crippen molar-refractivity contribution >= 4 is 33.5 Å². The number of fused-ring (bicyclic) bond motifs is 1. The van der Waals surface area contributed by atoms with Crippen LogP contribution in [0.5, 0.6) is 0 Å². The van der Waals surface area contributed by atoms with Crippen LogP contribution in [0.25, 0.3) is 5.69 Å². The summed E-state index contributed by atoms with van der Waals surface area (Å²) in [6, 6.07) is 7.46. The Kier molecular flexibility index (Phi) is 5.62. The summed E-state index contributed by atoms with van der Waals surface area (Å²) in [4.78, 5) is 24.4. The molecule has 2 aliphatic heterocycles. The van der Waals surface area contributed by atoms with Gasteiger partial charge in [0.2, 0.25) is 11.1 Å². The standard InChI is InChI=1S/C15H15N5O5S2.Na/c1-15(12(13(22)23)19-10(21)7-11(19)27(15,24)25)8-26-14-16-17-18-20(14)9-5-3-2-4-6-9;/h2-6,11-12H,7-8H2,1H3,(H,22,23);/q;+1/p-1/t11-,12-,15-;/m0./s1. The SMILES string of the molecule is C[C@]1(CSc2nnnn2-c2ccccc2)[C@H](C(=O)[O-])N2C(=O)C[C@@H]2S1(=O)=O.[Na+]. The third kappa shape index (κ3) is 2.98. The zero-order chi connectivity index (χ0) is 19.4. The van der Waals surface area contributed by atoms with E-state index < -0.39 is 37.9 Å². The molecule has 0 aliphatic carbocycles. The summed E-state index contributed by atoms with van der Waals surface area (Å²) in [5.41, 5.74) is 0.680. The summed E-state index contributed by atoms with van der Waals surface area (Å²) in [6.07, 6.45) is -0.200. The molecular formula is C15H14N5NaO5S2. The first-order valence-corrected chi connectivity index (χ1v) is 10.5. The Bertz CT molecular complexity index is 1030. The van der Waals surface area contributed by atoms with Crippen LogP contribution in [-0.2, 0) is 19.4 Å². The van der Waals surface area contributed by atoms with Gasteiger partial charge in [-0.3, -0.25) is 4.79 Å². The second kappa shape index (κ2) is 7.41. The van der Waals surface area contributed by atoms with Crippen LogP contribution in [0.4, 0.5) is 0 Å². The average Bonchev–Trinajstić information content (AvgIpc) is 3.15. The van der Waals surface area contributed by atoms with Gasteiger partial charge in [-0.15, -0.1) is 5.10 Å². The minimum Gasteiger partial charge on any atom is -0.548 e. The van der Waals surface area contributed by atoms with Crippen LogP contribution in [-0.4, -0.2) is 67.3 Å². The quantitative estimate of drug-likeness (QED) is 0.261. The van der Waals surface area contributed by atoms with Gasteiger partial charge in [-0.25, -0.2) is 8.42 Å². The van der Waals surface area contributed by atoms with E-state index >= 15 is 0 Å². The fraction of sp³-hybridized carbons (Fsp3) is 0.400. The van der Waals surface area contributed by atoms with Crippen molar-refractivity contribution in [1.29, 1.82) is 0 Å². The number of hydrogen-bond donors (Lipinski definition) is 0. The molecule has 1 aromatic heterocycles. The molecule has 3 heterocycles. The summed E-state index contributed by atoms with van der Waals surface area (Å²) < 4.78 is 25.5. The maximum Gasteiger partial charge on any atom is 1.00 e. The van der Waals surface area contributed by atoms with Gasteiger partial charge in [-0.1, -0.05) is 30.0 Å². The molecule has 0 saturated carbocycles. The Morgan fingerprint density at radius 1 is 1.36 bits per heavy atom. The number of benzene rings is 1. The van der Waals surface area contributed by atoms with Crippen LogP contribution in [0.2, 0.25) is 0 Å². The van der Waals surface area contributed by atoms with Crippen LogP contribution in [0.15, 0.2) is 35.5 Å². The molecule has 0 unspecified atom stereocenters. The normalized spacial score (nSPS) is 27.6. The van der Waals surface area contributed by atoms with Gasteiger partial charge in [0.25, 0.3) is 0 Å². The number of aromatic nitrogens is 4. The number of rotatable bonds is 5. The topological polar surface area (TPSA) is 138 Å². The Morgan fingerprint density at radius 3 is 2.64 bits per heavy atom. The van der Waals surface area contributed by atoms with Crippen LogP contribution < -0.4 is 34.7 Å². The third-order valence-corrected chi connectivity index (χ3v) is 9.18. The summed E-state index contributed by atoms with van der Waals surface area (Å²) in [5.74, 6) is -2.22. The Hall–Kier alpha value is -1.47. The van der Waals surface area contributed by atoms with Crippen molar-refractivity contribution in [3.8, 4) is 5.69 Å². The van der Waals surface area contributed by atoms with Crippen molar-refractivity contribution in [3.63, 3.8) is 0 Å². The number of thioether (sulfide) groups is 1. The maximum atomic E-state index is 12.9. The van der Waals surface area contributed by atoms with Gasteiger partial charge in [0.15, 0.2) is 9.84 Å². The minimum atomic E-state index is -3.90. The first-order valence-electron chi connectivity index (χ1n) is 7.99. The molecule has 0 radical (unpaired) electrons. The molecule has 10 nitrogen and oxygen atoms in total. The fourth-order valence-electron chi connectivity index (χ4n) is 3.46. The number of hydrogen-bond acceptors (Lipinski definition) is 9. The third-order valence-electron chi connectivity index (χ3n) is 4.97. The molecule has 1 amide bonds. The molecule has 2 aromatic rings. The van der Waals surface area contributed by atoms with E-state index in [2.05, 4.69) is 15.5 Å². The number of carbonyl (C=O) groups excluding carboxylic acids is 2. The molecule has 1 aromatic carbocycles. The first kappa shape index (κ1) is 21.2. The van der Waals surface area contributed by atoms with Crippen molar-refractivity contribution < 1.29 is 52.7 Å². The smallest absolute Gasteiger partial charge is 0.548 e. The van der Waals surface area contributed by atoms with E-state index in [4.69, 9.17) is 0 Å². The number of para-hydroxylation sites is 1. The second-order valence-electron chi connectivity index (χ2n) is 6.54. The second-order valence-corrected chi connectivity index (χ2v) is 10.0. The van der Waals surface area contributed by atoms with Gasteiger partial charge in [0.05, 0.1) is 24.1 Å². The number of aliphatic carboxylic acids is 1. The summed E-state index contributed by atoms with van der Waals surface area (Å²) in [7, 11) is -3.90. The van der Waals surface area contributed by atoms with Crippen LogP contribution >= 0.6 is 11.8 Å². The van der Waals surface area contributed by atoms with Gasteiger partial charge < -0.3 is 14.8 Å². The minimum absolute atomic E-state index is 0. The van der Waals surface area contributed by atoms with Crippen LogP contribution in [0.1, 0.15) is 13.3 Å². The predicted octanol–water partition coefficient (Wildman–Crippen LogP) is -4.38. The number of carbonyl (C=O) groups is 2. The monoisotopic (exact) mass is 431 g/mol. The molecule has 142 valence electrons. The number of sulfone groups is 1. The molecule has 2 aliphatic rings. The predicted molar refractivity (Wildman–Crippen MR) is 91.2 cm³/mol. The number of carboxylic acid groups (broad SMARTS) is 1. The molecule has 4 rings (SSSR count). The average molecular weight is 431 g/mol. The molecular weight excluding hydrogens is 417 g/mol. The molecule has 2 saturated heterocycles. The van der Waals surface area contributed by atoms with Crippen molar-refractivity contribution in [2.75, 3.05) is 5.75 Å². The van der Waals surface area contributed by atoms with E-state index in [1.54, 1.807) is 24.3 Å². The number of amides is 1. The number of β-lactam (4-membered cyclic amide) rings is 1. The molecule has 28 heavy (non-hydrogen) atoms. The number of nitrogens with zero attached hydrogens (tertiary/aromatic N) is 5. The van der Waals surface area contributed by atoms with E-state index in [0.29, 0.717) is 10.8 Å². The van der Waals surface area contributed by atoms with E-state index in [9.17, 15) is 23.1 Å². The Labute approximate surface area is 186 Å². The molecule has 0 spiro atoms. The van der Waals surface area contributed by atoms with Crippen molar-refractivity contribution in [2.45, 2.75) is 34.7 Å². The molecule has 2 fully saturated rings. The van der Waals surface area contributed by atoms with E-state index in [1.165, 1.54) is 11.6 Å². The van der Waals surface area contributed by atoms with E-state index in [0.717, 1.165) is 16.7 Å². The molecule has 13 heteroatoms. The van der Waals surface area contributed by atoms with Crippen LogP contribution in [0, 0.1) is 0 Å². The summed E-state index contributed by atoms with van der Waals surface area (Å²) in [5, 5.41) is 22.3. The molecule has 3 atom stereocenters. The largest absolute Gasteiger partial charge is 1.00 e. The van der Waals surface area contributed by atoms with Gasteiger partial charge >= 0.3 is 29.6 Å². The number of tetrazole rings is 1. The van der Waals surface area contributed by atoms with E-state index in [1.807, 2.05) is 6.07 Å². The van der Waals surface area contributed by atoms with Crippen molar-refractivity contribution in [1.82, 2.24) is 25.1 Å². The Balaban J connectivity index is 0.00000225. The van der Waals surface area contributed by atoms with Crippen molar-refractivity contribution in [3.05, 3.63) is 30.3 Å². The fourth-order valence-corrected chi connectivity index (χ4v) is 7.27. The Morgan fingerprint density at radius 2 is 2.04 bits per heavy atom. The maximum absolute atomic E-state index is 12.9.